The lowest BCUT2D eigenvalue weighted by Gasteiger charge is -2.01. The van der Waals surface area contributed by atoms with E-state index in [9.17, 15) is 0 Å². The van der Waals surface area contributed by atoms with Gasteiger partial charge in [-0.2, -0.15) is 0 Å². The molecule has 0 fully saturated rings. The number of rotatable bonds is 2. The lowest BCUT2D eigenvalue weighted by molar-refractivity contribution is 1.73. The summed E-state index contributed by atoms with van der Waals surface area (Å²) in [5.74, 6) is 0. The highest BCUT2D eigenvalue weighted by Gasteiger charge is 2.07. The fraction of sp³-hybridized carbons (Fsp3) is 0. The molecule has 21 heavy (non-hydrogen) atoms. The molecular formula is C18H11BrS2. The van der Waals surface area contributed by atoms with Crippen molar-refractivity contribution in [1.82, 2.24) is 0 Å². The second-order valence-electron chi connectivity index (χ2n) is 4.83. The van der Waals surface area contributed by atoms with E-state index in [1.807, 2.05) is 11.3 Å². The maximum atomic E-state index is 3.53. The molecule has 2 aromatic carbocycles. The van der Waals surface area contributed by atoms with Crippen LogP contribution in [0.1, 0.15) is 0 Å². The van der Waals surface area contributed by atoms with E-state index in [4.69, 9.17) is 0 Å². The molecule has 2 heterocycles. The van der Waals surface area contributed by atoms with Gasteiger partial charge in [0.25, 0.3) is 0 Å². The Labute approximate surface area is 139 Å². The highest BCUT2D eigenvalue weighted by molar-refractivity contribution is 9.11. The van der Waals surface area contributed by atoms with Crippen LogP contribution in [-0.4, -0.2) is 0 Å². The van der Waals surface area contributed by atoms with E-state index in [2.05, 4.69) is 82.7 Å². The Morgan fingerprint density at radius 2 is 1.33 bits per heavy atom. The molecule has 4 rings (SSSR count). The van der Waals surface area contributed by atoms with Crippen molar-refractivity contribution in [2.75, 3.05) is 0 Å². The maximum Gasteiger partial charge on any atom is 0.0705 e. The first kappa shape index (κ1) is 13.3. The van der Waals surface area contributed by atoms with Gasteiger partial charge in [-0.1, -0.05) is 36.4 Å². The zero-order valence-corrected chi connectivity index (χ0v) is 14.3. The average molecular weight is 371 g/mol. The zero-order valence-electron chi connectivity index (χ0n) is 11.0. The molecule has 0 saturated heterocycles. The van der Waals surface area contributed by atoms with Crippen LogP contribution in [0.15, 0.2) is 70.5 Å². The van der Waals surface area contributed by atoms with Crippen molar-refractivity contribution in [1.29, 1.82) is 0 Å². The number of fused-ring (bicyclic) bond motifs is 1. The minimum atomic E-state index is 1.18. The monoisotopic (exact) mass is 370 g/mol. The van der Waals surface area contributed by atoms with Gasteiger partial charge in [0.15, 0.2) is 0 Å². The third kappa shape index (κ3) is 2.57. The molecule has 0 N–H and O–H groups in total. The minimum absolute atomic E-state index is 1.18. The number of benzene rings is 2. The highest BCUT2D eigenvalue weighted by Crippen LogP contribution is 2.39. The van der Waals surface area contributed by atoms with E-state index in [1.165, 1.54) is 34.8 Å². The minimum Gasteiger partial charge on any atom is -0.134 e. The van der Waals surface area contributed by atoms with Crippen LogP contribution < -0.4 is 0 Å². The average Bonchev–Trinajstić information content (AvgIpc) is 3.15. The van der Waals surface area contributed by atoms with Crippen LogP contribution in [0.5, 0.6) is 0 Å². The van der Waals surface area contributed by atoms with Gasteiger partial charge in [0.2, 0.25) is 0 Å². The highest BCUT2D eigenvalue weighted by atomic mass is 79.9. The van der Waals surface area contributed by atoms with Crippen molar-refractivity contribution < 1.29 is 0 Å². The summed E-state index contributed by atoms with van der Waals surface area (Å²) in [4.78, 5) is 3.97. The second-order valence-corrected chi connectivity index (χ2v) is 8.38. The Morgan fingerprint density at radius 1 is 0.619 bits per heavy atom. The maximum absolute atomic E-state index is 3.53. The fourth-order valence-corrected chi connectivity index (χ4v) is 4.89. The van der Waals surface area contributed by atoms with Gasteiger partial charge >= 0.3 is 0 Å². The molecule has 0 unspecified atom stereocenters. The summed E-state index contributed by atoms with van der Waals surface area (Å²) in [6.45, 7) is 0. The van der Waals surface area contributed by atoms with Gasteiger partial charge in [0, 0.05) is 14.6 Å². The number of halogens is 1. The van der Waals surface area contributed by atoms with Gasteiger partial charge in [0.1, 0.15) is 0 Å². The molecule has 0 spiro atoms. The van der Waals surface area contributed by atoms with Crippen LogP contribution in [0.2, 0.25) is 0 Å². The summed E-state index contributed by atoms with van der Waals surface area (Å²) in [6, 6.07) is 23.9. The van der Waals surface area contributed by atoms with Gasteiger partial charge < -0.3 is 0 Å². The second kappa shape index (κ2) is 5.41. The molecule has 2 aromatic heterocycles. The fourth-order valence-electron chi connectivity index (χ4n) is 2.41. The summed E-state index contributed by atoms with van der Waals surface area (Å²) in [7, 11) is 0. The largest absolute Gasteiger partial charge is 0.134 e. The van der Waals surface area contributed by atoms with Crippen molar-refractivity contribution in [3.63, 3.8) is 0 Å². The molecule has 3 heteroatoms. The van der Waals surface area contributed by atoms with Gasteiger partial charge in [-0.25, -0.2) is 0 Å². The Morgan fingerprint density at radius 3 is 2.14 bits per heavy atom. The Hall–Kier alpha value is -1.42. The third-order valence-electron chi connectivity index (χ3n) is 3.46. The van der Waals surface area contributed by atoms with E-state index in [1.54, 1.807) is 11.3 Å². The molecule has 0 aliphatic heterocycles. The van der Waals surface area contributed by atoms with Crippen LogP contribution in [0.4, 0.5) is 0 Å². The van der Waals surface area contributed by atoms with E-state index in [-0.39, 0.29) is 0 Å². The summed E-state index contributed by atoms with van der Waals surface area (Å²) < 4.78 is 1.18. The van der Waals surface area contributed by atoms with Gasteiger partial charge in [-0.05, 0) is 62.6 Å². The quantitative estimate of drug-likeness (QED) is 0.354. The van der Waals surface area contributed by atoms with Crippen molar-refractivity contribution in [2.24, 2.45) is 0 Å². The van der Waals surface area contributed by atoms with Gasteiger partial charge in [-0.15, -0.1) is 22.7 Å². The standard InChI is InChI=1S/C18H11BrS2/c19-18-10-9-17(21-18)16-8-7-15(20-16)14-6-5-12-3-1-2-4-13(12)11-14/h1-11H. The van der Waals surface area contributed by atoms with Crippen LogP contribution in [0.3, 0.4) is 0 Å². The van der Waals surface area contributed by atoms with Gasteiger partial charge in [0.05, 0.1) is 3.79 Å². The SMILES string of the molecule is Brc1ccc(-c2ccc(-c3ccc4ccccc4c3)s2)s1. The number of hydrogen-bond acceptors (Lipinski definition) is 2. The molecule has 0 atom stereocenters. The summed E-state index contributed by atoms with van der Waals surface area (Å²) >= 11 is 7.16. The lowest BCUT2D eigenvalue weighted by Crippen LogP contribution is -1.74. The molecule has 0 bridgehead atoms. The summed E-state index contributed by atoms with van der Waals surface area (Å²) in [5, 5.41) is 2.59. The van der Waals surface area contributed by atoms with Gasteiger partial charge in [-0.3, -0.25) is 0 Å². The van der Waals surface area contributed by atoms with Crippen LogP contribution in [-0.2, 0) is 0 Å². The van der Waals surface area contributed by atoms with E-state index in [0.717, 1.165) is 0 Å². The van der Waals surface area contributed by atoms with Crippen molar-refractivity contribution in [3.05, 3.63) is 70.5 Å². The molecule has 0 aliphatic carbocycles. The van der Waals surface area contributed by atoms with Crippen LogP contribution in [0.25, 0.3) is 31.0 Å². The zero-order chi connectivity index (χ0) is 14.2. The van der Waals surface area contributed by atoms with Crippen LogP contribution >= 0.6 is 38.6 Å². The molecule has 102 valence electrons. The molecule has 0 nitrogen and oxygen atoms in total. The van der Waals surface area contributed by atoms with Crippen LogP contribution in [0, 0.1) is 0 Å². The normalized spacial score (nSPS) is 11.1. The predicted octanol–water partition coefficient (Wildman–Crippen LogP) is 7.06. The van der Waals surface area contributed by atoms with Crippen molar-refractivity contribution in [3.8, 4) is 20.2 Å². The lowest BCUT2D eigenvalue weighted by atomic mass is 10.1. The molecule has 0 amide bonds. The van der Waals surface area contributed by atoms with Crippen molar-refractivity contribution >= 4 is 49.4 Å². The number of thiophene rings is 2. The molecule has 4 aromatic rings. The van der Waals surface area contributed by atoms with E-state index in [0.29, 0.717) is 0 Å². The predicted molar refractivity (Wildman–Crippen MR) is 98.3 cm³/mol. The van der Waals surface area contributed by atoms with Crippen molar-refractivity contribution in [2.45, 2.75) is 0 Å². The molecule has 0 saturated carbocycles. The Kier molecular flexibility index (Phi) is 3.42. The first-order valence-corrected chi connectivity index (χ1v) is 9.07. The third-order valence-corrected chi connectivity index (χ3v) is 6.41. The molecular weight excluding hydrogens is 360 g/mol. The van der Waals surface area contributed by atoms with E-state index >= 15 is 0 Å². The number of hydrogen-bond donors (Lipinski definition) is 0. The summed E-state index contributed by atoms with van der Waals surface area (Å²) in [6.07, 6.45) is 0. The first-order valence-electron chi connectivity index (χ1n) is 6.64. The molecule has 0 aliphatic rings. The summed E-state index contributed by atoms with van der Waals surface area (Å²) in [5.41, 5.74) is 1.29. The Balaban J connectivity index is 1.77. The smallest absolute Gasteiger partial charge is 0.0705 e. The molecule has 0 radical (unpaired) electrons. The first-order chi connectivity index (χ1) is 10.3. The van der Waals surface area contributed by atoms with E-state index < -0.39 is 0 Å². The Bertz CT molecular complexity index is 918. The topological polar surface area (TPSA) is 0 Å².